The molecule has 3 aromatic heterocycles. The number of aromatic amines is 2. The van der Waals surface area contributed by atoms with Crippen molar-refractivity contribution in [2.45, 2.75) is 19.4 Å². The monoisotopic (exact) mass is 271 g/mol. The van der Waals surface area contributed by atoms with E-state index < -0.39 is 0 Å². The van der Waals surface area contributed by atoms with Crippen molar-refractivity contribution in [1.82, 2.24) is 25.1 Å². The Morgan fingerprint density at radius 1 is 1.40 bits per heavy atom. The summed E-state index contributed by atoms with van der Waals surface area (Å²) in [7, 11) is 0. The van der Waals surface area contributed by atoms with Crippen LogP contribution in [0.4, 0.5) is 0 Å². The van der Waals surface area contributed by atoms with Crippen LogP contribution in [0, 0.1) is 5.92 Å². The summed E-state index contributed by atoms with van der Waals surface area (Å²) in [5, 5.41) is 8.08. The number of H-pyrrole nitrogens is 2. The van der Waals surface area contributed by atoms with Crippen molar-refractivity contribution in [3.63, 3.8) is 0 Å². The van der Waals surface area contributed by atoms with Gasteiger partial charge in [-0.2, -0.15) is 0 Å². The van der Waals surface area contributed by atoms with E-state index in [0.29, 0.717) is 11.3 Å². The van der Waals surface area contributed by atoms with Crippen LogP contribution in [-0.4, -0.2) is 32.8 Å². The average Bonchev–Trinajstić information content (AvgIpc) is 3.04. The molecule has 4 rings (SSSR count). The van der Waals surface area contributed by atoms with E-state index in [4.69, 9.17) is 0 Å². The van der Waals surface area contributed by atoms with Crippen molar-refractivity contribution < 1.29 is 0 Å². The molecule has 1 saturated heterocycles. The minimum absolute atomic E-state index is 0.0617. The quantitative estimate of drug-likeness (QED) is 0.625. The van der Waals surface area contributed by atoms with E-state index in [1.165, 1.54) is 0 Å². The molecular formula is C14H17N5O. The van der Waals surface area contributed by atoms with Gasteiger partial charge in [-0.1, -0.05) is 6.92 Å². The Hall–Kier alpha value is -2.08. The van der Waals surface area contributed by atoms with Gasteiger partial charge < -0.3 is 10.3 Å². The summed E-state index contributed by atoms with van der Waals surface area (Å²) in [6, 6.07) is 2.25. The van der Waals surface area contributed by atoms with Crippen LogP contribution < -0.4 is 10.9 Å². The first-order valence-electron chi connectivity index (χ1n) is 7.02. The maximum atomic E-state index is 12.2. The molecule has 0 aliphatic carbocycles. The molecule has 0 bridgehead atoms. The molecule has 4 heterocycles. The molecule has 6 heteroatoms. The van der Waals surface area contributed by atoms with Gasteiger partial charge in [-0.15, -0.1) is 0 Å². The Balaban J connectivity index is 2.03. The molecule has 0 amide bonds. The van der Waals surface area contributed by atoms with Crippen LogP contribution in [0.25, 0.3) is 21.9 Å². The summed E-state index contributed by atoms with van der Waals surface area (Å²) < 4.78 is 2.03. The number of nitrogens with one attached hydrogen (secondary N) is 3. The molecule has 3 aromatic rings. The van der Waals surface area contributed by atoms with Crippen molar-refractivity contribution in [2.24, 2.45) is 5.92 Å². The van der Waals surface area contributed by atoms with Crippen LogP contribution in [0.2, 0.25) is 0 Å². The van der Waals surface area contributed by atoms with Gasteiger partial charge in [0.15, 0.2) is 0 Å². The summed E-state index contributed by atoms with van der Waals surface area (Å²) in [6.45, 7) is 4.17. The third kappa shape index (κ3) is 1.54. The lowest BCUT2D eigenvalue weighted by molar-refractivity contribution is 0.262. The van der Waals surface area contributed by atoms with Crippen molar-refractivity contribution >= 4 is 21.9 Å². The number of nitrogens with zero attached hydrogens (tertiary/aromatic N) is 2. The number of fused-ring (bicyclic) bond motifs is 3. The van der Waals surface area contributed by atoms with E-state index in [-0.39, 0.29) is 11.6 Å². The van der Waals surface area contributed by atoms with Crippen molar-refractivity contribution in [1.29, 1.82) is 0 Å². The number of hydrogen-bond donors (Lipinski definition) is 3. The van der Waals surface area contributed by atoms with Crippen molar-refractivity contribution in [3.8, 4) is 0 Å². The van der Waals surface area contributed by atoms with E-state index in [0.717, 1.165) is 36.1 Å². The summed E-state index contributed by atoms with van der Waals surface area (Å²) >= 11 is 0. The molecule has 2 unspecified atom stereocenters. The molecule has 3 N–H and O–H groups in total. The Bertz CT molecular complexity index is 827. The summed E-state index contributed by atoms with van der Waals surface area (Å²) in [4.78, 5) is 19.6. The SMILES string of the molecule is CC1CCNCC1n1[nH]c(=O)c2cnc3[nH]ccc3c21. The third-order valence-corrected chi connectivity index (χ3v) is 4.38. The molecule has 1 aliphatic heterocycles. The predicted molar refractivity (Wildman–Crippen MR) is 77.9 cm³/mol. The molecule has 2 atom stereocenters. The first-order valence-corrected chi connectivity index (χ1v) is 7.02. The second-order valence-electron chi connectivity index (χ2n) is 5.61. The molecule has 1 fully saturated rings. The normalized spacial score (nSPS) is 23.6. The van der Waals surface area contributed by atoms with Gasteiger partial charge in [0.05, 0.1) is 16.9 Å². The van der Waals surface area contributed by atoms with Gasteiger partial charge in [0.2, 0.25) is 0 Å². The second-order valence-corrected chi connectivity index (χ2v) is 5.61. The Morgan fingerprint density at radius 3 is 3.15 bits per heavy atom. The van der Waals surface area contributed by atoms with Crippen LogP contribution in [0.5, 0.6) is 0 Å². The smallest absolute Gasteiger partial charge is 0.273 e. The van der Waals surface area contributed by atoms with Gasteiger partial charge in [-0.05, 0) is 24.9 Å². The largest absolute Gasteiger partial charge is 0.346 e. The highest BCUT2D eigenvalue weighted by Gasteiger charge is 2.26. The average molecular weight is 271 g/mol. The highest BCUT2D eigenvalue weighted by molar-refractivity contribution is 6.02. The molecule has 6 nitrogen and oxygen atoms in total. The highest BCUT2D eigenvalue weighted by atomic mass is 16.1. The van der Waals surface area contributed by atoms with E-state index in [1.54, 1.807) is 6.20 Å². The maximum Gasteiger partial charge on any atom is 0.273 e. The first kappa shape index (κ1) is 11.7. The zero-order chi connectivity index (χ0) is 13.7. The number of piperidine rings is 1. The standard InChI is InChI=1S/C14H17N5O/c1-8-2-4-15-7-11(8)19-12-9-3-5-16-13(9)17-6-10(12)14(20)18-19/h3,5-6,8,11,15H,2,4,7H2,1H3,(H,16,17)(H,18,20). The van der Waals surface area contributed by atoms with Crippen LogP contribution in [-0.2, 0) is 0 Å². The molecule has 0 aromatic carbocycles. The fraction of sp³-hybridized carbons (Fsp3) is 0.429. The Kier molecular flexibility index (Phi) is 2.47. The van der Waals surface area contributed by atoms with Gasteiger partial charge in [0.25, 0.3) is 5.56 Å². The van der Waals surface area contributed by atoms with Gasteiger partial charge in [-0.3, -0.25) is 14.6 Å². The molecule has 1 aliphatic rings. The van der Waals surface area contributed by atoms with Crippen LogP contribution in [0.15, 0.2) is 23.3 Å². The number of rotatable bonds is 1. The Morgan fingerprint density at radius 2 is 2.30 bits per heavy atom. The summed E-state index contributed by atoms with van der Waals surface area (Å²) in [5.41, 5.74) is 1.72. The third-order valence-electron chi connectivity index (χ3n) is 4.38. The van der Waals surface area contributed by atoms with Crippen LogP contribution in [0.3, 0.4) is 0 Å². The summed E-state index contributed by atoms with van der Waals surface area (Å²) in [6.07, 6.45) is 4.64. The highest BCUT2D eigenvalue weighted by Crippen LogP contribution is 2.28. The molecule has 0 radical (unpaired) electrons. The molecule has 104 valence electrons. The Labute approximate surface area is 115 Å². The van der Waals surface area contributed by atoms with Gasteiger partial charge in [0.1, 0.15) is 5.65 Å². The van der Waals surface area contributed by atoms with Crippen LogP contribution in [0.1, 0.15) is 19.4 Å². The van der Waals surface area contributed by atoms with E-state index in [9.17, 15) is 4.79 Å². The fourth-order valence-corrected chi connectivity index (χ4v) is 3.21. The second kappa shape index (κ2) is 4.21. The number of pyridine rings is 1. The van der Waals surface area contributed by atoms with Gasteiger partial charge >= 0.3 is 0 Å². The van der Waals surface area contributed by atoms with Crippen molar-refractivity contribution in [2.75, 3.05) is 13.1 Å². The lowest BCUT2D eigenvalue weighted by Gasteiger charge is -2.30. The minimum Gasteiger partial charge on any atom is -0.346 e. The van der Waals surface area contributed by atoms with E-state index >= 15 is 0 Å². The minimum atomic E-state index is -0.0617. The lowest BCUT2D eigenvalue weighted by atomic mass is 9.95. The predicted octanol–water partition coefficient (Wildman–Crippen LogP) is 1.38. The van der Waals surface area contributed by atoms with Crippen LogP contribution >= 0.6 is 0 Å². The van der Waals surface area contributed by atoms with E-state index in [2.05, 4.69) is 27.3 Å². The van der Waals surface area contributed by atoms with Crippen molar-refractivity contribution in [3.05, 3.63) is 28.8 Å². The lowest BCUT2D eigenvalue weighted by Crippen LogP contribution is -2.37. The van der Waals surface area contributed by atoms with E-state index in [1.807, 2.05) is 16.9 Å². The fourth-order valence-electron chi connectivity index (χ4n) is 3.21. The number of hydrogen-bond acceptors (Lipinski definition) is 3. The topological polar surface area (TPSA) is 78.5 Å². The molecular weight excluding hydrogens is 254 g/mol. The zero-order valence-electron chi connectivity index (χ0n) is 11.3. The molecule has 0 spiro atoms. The van der Waals surface area contributed by atoms with Gasteiger partial charge in [0, 0.05) is 24.3 Å². The van der Waals surface area contributed by atoms with Gasteiger partial charge in [-0.25, -0.2) is 4.98 Å². The maximum absolute atomic E-state index is 12.2. The number of aromatic nitrogens is 4. The molecule has 20 heavy (non-hydrogen) atoms. The molecule has 0 saturated carbocycles. The zero-order valence-corrected chi connectivity index (χ0v) is 11.3. The summed E-state index contributed by atoms with van der Waals surface area (Å²) in [5.74, 6) is 0.532. The first-order chi connectivity index (χ1) is 9.75.